The molecule has 7 heteroatoms. The summed E-state index contributed by atoms with van der Waals surface area (Å²) in [6.45, 7) is 9.63. The van der Waals surface area contributed by atoms with Crippen LogP contribution < -0.4 is 10.3 Å². The molecule has 228 valence electrons. The lowest BCUT2D eigenvalue weighted by Gasteiger charge is -2.20. The van der Waals surface area contributed by atoms with E-state index < -0.39 is 17.1 Å². The van der Waals surface area contributed by atoms with Crippen molar-refractivity contribution in [3.05, 3.63) is 51.4 Å². The Morgan fingerprint density at radius 3 is 1.98 bits per heavy atom. The second kappa shape index (κ2) is 18.0. The molecule has 0 atom stereocenters. The summed E-state index contributed by atoms with van der Waals surface area (Å²) in [4.78, 5) is 38.3. The van der Waals surface area contributed by atoms with Gasteiger partial charge in [-0.05, 0) is 51.0 Å². The Kier molecular flexibility index (Phi) is 15.2. The van der Waals surface area contributed by atoms with Gasteiger partial charge in [-0.3, -0.25) is 14.4 Å². The number of unbranched alkanes of at least 4 members (excludes halogenated alkanes) is 11. The lowest BCUT2D eigenvalue weighted by Crippen LogP contribution is -2.30. The molecule has 0 spiro atoms. The fraction of sp³-hybridized carbons (Fsp3) is 0.618. The van der Waals surface area contributed by atoms with Gasteiger partial charge in [0.25, 0.3) is 5.56 Å². The molecule has 0 radical (unpaired) electrons. The monoisotopic (exact) mass is 587 g/mol. The molecule has 0 bridgehead atoms. The molecule has 0 fully saturated rings. The van der Waals surface area contributed by atoms with Gasteiger partial charge in [-0.1, -0.05) is 96.1 Å². The van der Waals surface area contributed by atoms with Crippen molar-refractivity contribution in [3.63, 3.8) is 0 Å². The second-order valence-corrected chi connectivity index (χ2v) is 12.2. The van der Waals surface area contributed by atoms with Crippen molar-refractivity contribution in [2.45, 2.75) is 130 Å². The highest BCUT2D eigenvalue weighted by Crippen LogP contribution is 2.34. The van der Waals surface area contributed by atoms with E-state index >= 15 is 0 Å². The van der Waals surface area contributed by atoms with Gasteiger partial charge in [0.05, 0.1) is 12.8 Å². The summed E-state index contributed by atoms with van der Waals surface area (Å²) in [5.41, 5.74) is 0.476. The van der Waals surface area contributed by atoms with Gasteiger partial charge in [-0.15, -0.1) is 0 Å². The summed E-state index contributed by atoms with van der Waals surface area (Å²) in [7, 11) is 0. The zero-order valence-corrected chi connectivity index (χ0v) is 26.6. The number of rotatable bonds is 19. The first-order valence-corrected chi connectivity index (χ1v) is 15.9. The van der Waals surface area contributed by atoms with Crippen LogP contribution in [-0.2, 0) is 16.1 Å². The van der Waals surface area contributed by atoms with E-state index in [0.29, 0.717) is 40.5 Å². The summed E-state index contributed by atoms with van der Waals surface area (Å²) in [6, 6.07) is 6.46. The first-order valence-electron chi connectivity index (χ1n) is 15.5. The van der Waals surface area contributed by atoms with Crippen molar-refractivity contribution in [1.82, 2.24) is 4.57 Å². The van der Waals surface area contributed by atoms with Crippen LogP contribution in [0, 0.1) is 0 Å². The lowest BCUT2D eigenvalue weighted by atomic mass is 9.96. The van der Waals surface area contributed by atoms with Gasteiger partial charge in [0.2, 0.25) is 0 Å². The summed E-state index contributed by atoms with van der Waals surface area (Å²) in [5, 5.41) is 0.456. The molecule has 2 aromatic rings. The second-order valence-electron chi connectivity index (χ2n) is 11.8. The average Bonchev–Trinajstić information content (AvgIpc) is 2.91. The molecule has 0 saturated heterocycles. The zero-order valence-electron chi connectivity index (χ0n) is 25.9. The smallest absolute Gasteiger partial charge is 0.326 e. The molecular weight excluding hydrogens is 538 g/mol. The predicted molar refractivity (Wildman–Crippen MR) is 168 cm³/mol. The number of nitrogens with zero attached hydrogens (tertiary/aromatic N) is 1. The number of benzene rings is 1. The number of Topliss-reactive ketones (excluding diaryl/α,β-unsaturated/α-hetero) is 1. The molecule has 41 heavy (non-hydrogen) atoms. The van der Waals surface area contributed by atoms with E-state index in [1.165, 1.54) is 68.4 Å². The van der Waals surface area contributed by atoms with Crippen molar-refractivity contribution in [3.8, 4) is 16.9 Å². The molecule has 6 nitrogen and oxygen atoms in total. The molecular formula is C34H50ClNO5. The third-order valence-corrected chi connectivity index (χ3v) is 7.19. The van der Waals surface area contributed by atoms with Crippen LogP contribution in [0.3, 0.4) is 0 Å². The average molecular weight is 588 g/mol. The van der Waals surface area contributed by atoms with Crippen LogP contribution in [-0.4, -0.2) is 28.5 Å². The highest BCUT2D eigenvalue weighted by atomic mass is 35.5. The zero-order chi connectivity index (χ0) is 30.3. The van der Waals surface area contributed by atoms with E-state index in [0.717, 1.165) is 19.3 Å². The molecule has 0 unspecified atom stereocenters. The highest BCUT2D eigenvalue weighted by molar-refractivity contribution is 6.31. The number of ether oxygens (including phenoxy) is 2. The van der Waals surface area contributed by atoms with E-state index in [4.69, 9.17) is 21.1 Å². The molecule has 0 saturated carbocycles. The number of carbonyl (C=O) groups is 2. The molecule has 0 aliphatic heterocycles. The Hall–Kier alpha value is -2.60. The number of carbonyl (C=O) groups excluding carboxylic acids is 2. The van der Waals surface area contributed by atoms with Gasteiger partial charge in [-0.25, -0.2) is 0 Å². The summed E-state index contributed by atoms with van der Waals surface area (Å²) < 4.78 is 12.9. The number of ketones is 1. The minimum atomic E-state index is -0.662. The Balaban J connectivity index is 2.09. The maximum Gasteiger partial charge on any atom is 0.326 e. The van der Waals surface area contributed by atoms with E-state index in [2.05, 4.69) is 6.92 Å². The normalized spacial score (nSPS) is 11.5. The van der Waals surface area contributed by atoms with Crippen LogP contribution in [0.25, 0.3) is 11.1 Å². The number of aromatic nitrogens is 1. The van der Waals surface area contributed by atoms with Crippen molar-refractivity contribution in [2.24, 2.45) is 0 Å². The lowest BCUT2D eigenvalue weighted by molar-refractivity contribution is -0.155. The largest absolute Gasteiger partial charge is 0.491 e. The van der Waals surface area contributed by atoms with Crippen LogP contribution in [0.1, 0.15) is 128 Å². The number of hydrogen-bond acceptors (Lipinski definition) is 5. The standard InChI is InChI=1S/C34H50ClNO5/c1-6-8-9-10-11-12-13-14-15-16-17-18-21-40-31-24-36(25-33(39)41-34(3,4)5)32(38)23-29(31)28-22-26(35)19-20-27(28)30(37)7-2/h19-20,22-24H,6-18,21,25H2,1-5H3. The Morgan fingerprint density at radius 1 is 0.829 bits per heavy atom. The van der Waals surface area contributed by atoms with Gasteiger partial charge in [0.15, 0.2) is 5.78 Å². The van der Waals surface area contributed by atoms with Crippen molar-refractivity contribution in [1.29, 1.82) is 0 Å². The number of pyridine rings is 1. The molecule has 1 heterocycles. The first-order chi connectivity index (χ1) is 19.6. The molecule has 0 aliphatic carbocycles. The van der Waals surface area contributed by atoms with E-state index in [-0.39, 0.29) is 12.3 Å². The van der Waals surface area contributed by atoms with Crippen LogP contribution in [0.2, 0.25) is 5.02 Å². The van der Waals surface area contributed by atoms with Gasteiger partial charge in [0, 0.05) is 28.6 Å². The minimum Gasteiger partial charge on any atom is -0.491 e. The molecule has 0 amide bonds. The number of esters is 1. The topological polar surface area (TPSA) is 74.6 Å². The maximum atomic E-state index is 13.1. The summed E-state index contributed by atoms with van der Waals surface area (Å²) in [5.74, 6) is -0.131. The highest BCUT2D eigenvalue weighted by Gasteiger charge is 2.21. The molecule has 2 rings (SSSR count). The van der Waals surface area contributed by atoms with E-state index in [9.17, 15) is 14.4 Å². The number of halogens is 1. The Labute approximate surface area is 251 Å². The third-order valence-electron chi connectivity index (χ3n) is 6.96. The van der Waals surface area contributed by atoms with E-state index in [1.807, 2.05) is 0 Å². The van der Waals surface area contributed by atoms with Crippen molar-refractivity contribution < 1.29 is 19.1 Å². The fourth-order valence-electron chi connectivity index (χ4n) is 4.81. The van der Waals surface area contributed by atoms with Crippen LogP contribution in [0.4, 0.5) is 0 Å². The fourth-order valence-corrected chi connectivity index (χ4v) is 4.98. The SMILES string of the molecule is CCCCCCCCCCCCCCOc1cn(CC(=O)OC(C)(C)C)c(=O)cc1-c1cc(Cl)ccc1C(=O)CC. The minimum absolute atomic E-state index is 0.0542. The third kappa shape index (κ3) is 12.8. The van der Waals surface area contributed by atoms with Crippen LogP contribution >= 0.6 is 11.6 Å². The Morgan fingerprint density at radius 2 is 1.41 bits per heavy atom. The van der Waals surface area contributed by atoms with Crippen LogP contribution in [0.5, 0.6) is 5.75 Å². The van der Waals surface area contributed by atoms with E-state index in [1.54, 1.807) is 52.1 Å². The predicted octanol–water partition coefficient (Wildman–Crippen LogP) is 9.18. The molecule has 1 aromatic heterocycles. The molecule has 0 aliphatic rings. The van der Waals surface area contributed by atoms with Gasteiger partial charge in [0.1, 0.15) is 17.9 Å². The van der Waals surface area contributed by atoms with Crippen LogP contribution in [0.15, 0.2) is 35.3 Å². The van der Waals surface area contributed by atoms with Gasteiger partial charge in [-0.2, -0.15) is 0 Å². The summed E-state index contributed by atoms with van der Waals surface area (Å²) >= 11 is 6.31. The maximum absolute atomic E-state index is 13.1. The van der Waals surface area contributed by atoms with Gasteiger partial charge < -0.3 is 14.0 Å². The van der Waals surface area contributed by atoms with Gasteiger partial charge >= 0.3 is 5.97 Å². The first kappa shape index (κ1) is 34.6. The van der Waals surface area contributed by atoms with Crippen molar-refractivity contribution in [2.75, 3.05) is 6.61 Å². The molecule has 1 aromatic carbocycles. The number of hydrogen-bond donors (Lipinski definition) is 0. The summed E-state index contributed by atoms with van der Waals surface area (Å²) in [6.07, 6.45) is 16.8. The van der Waals surface area contributed by atoms with Crippen molar-refractivity contribution >= 4 is 23.4 Å². The molecule has 0 N–H and O–H groups in total. The Bertz CT molecular complexity index is 1160. The quantitative estimate of drug-likeness (QED) is 0.0930.